The topological polar surface area (TPSA) is 52.0 Å². The van der Waals surface area contributed by atoms with Crippen LogP contribution in [0.3, 0.4) is 0 Å². The Bertz CT molecular complexity index is 372. The molecule has 1 aromatic carbocycles. The largest absolute Gasteiger partial charge is 0.330 e. The van der Waals surface area contributed by atoms with Crippen LogP contribution in [0, 0.1) is 0 Å². The minimum atomic E-state index is -2.52. The predicted octanol–water partition coefficient (Wildman–Crippen LogP) is 3.40. The first-order chi connectivity index (χ1) is 9.00. The zero-order valence-corrected chi connectivity index (χ0v) is 11.5. The van der Waals surface area contributed by atoms with Gasteiger partial charge in [-0.05, 0) is 30.5 Å². The summed E-state index contributed by atoms with van der Waals surface area (Å²) in [5.41, 5.74) is 13.6. The molecule has 1 aliphatic carbocycles. The van der Waals surface area contributed by atoms with Gasteiger partial charge in [-0.2, -0.15) is 0 Å². The minimum absolute atomic E-state index is 0.0375. The third-order valence-electron chi connectivity index (χ3n) is 3.31. The summed E-state index contributed by atoms with van der Waals surface area (Å²) >= 11 is 0. The van der Waals surface area contributed by atoms with Gasteiger partial charge in [0.15, 0.2) is 0 Å². The highest BCUT2D eigenvalue weighted by Gasteiger charge is 2.25. The highest BCUT2D eigenvalue weighted by molar-refractivity contribution is 5.33. The third kappa shape index (κ3) is 5.25. The maximum Gasteiger partial charge on any atom is 0.249 e. The van der Waals surface area contributed by atoms with Gasteiger partial charge in [-0.3, -0.25) is 0 Å². The highest BCUT2D eigenvalue weighted by Crippen LogP contribution is 2.28. The summed E-state index contributed by atoms with van der Waals surface area (Å²) in [6.07, 6.45) is 2.59. The van der Waals surface area contributed by atoms with Crippen molar-refractivity contribution in [1.82, 2.24) is 0 Å². The van der Waals surface area contributed by atoms with E-state index < -0.39 is 5.92 Å². The molecule has 0 radical (unpaired) electrons. The number of hydrogen-bond donors (Lipinski definition) is 2. The summed E-state index contributed by atoms with van der Waals surface area (Å²) in [4.78, 5) is 0. The van der Waals surface area contributed by atoms with Crippen LogP contribution in [-0.2, 0) is 6.42 Å². The summed E-state index contributed by atoms with van der Waals surface area (Å²) in [5.74, 6) is -2.52. The van der Waals surface area contributed by atoms with E-state index in [0.29, 0.717) is 12.5 Å². The van der Waals surface area contributed by atoms with Crippen molar-refractivity contribution < 1.29 is 8.78 Å². The number of alkyl halides is 2. The van der Waals surface area contributed by atoms with Crippen molar-refractivity contribution in [2.45, 2.75) is 51.0 Å². The Labute approximate surface area is 114 Å². The summed E-state index contributed by atoms with van der Waals surface area (Å²) in [5, 5.41) is 0. The van der Waals surface area contributed by atoms with E-state index in [1.165, 1.54) is 11.1 Å². The lowest BCUT2D eigenvalue weighted by Crippen LogP contribution is -2.20. The quantitative estimate of drug-likeness (QED) is 0.881. The fourth-order valence-electron chi connectivity index (χ4n) is 2.29. The molecular weight excluding hydrogens is 246 g/mol. The lowest BCUT2D eigenvalue weighted by atomic mass is 10.1. The monoisotopic (exact) mass is 270 g/mol. The van der Waals surface area contributed by atoms with E-state index in [-0.39, 0.29) is 19.4 Å². The van der Waals surface area contributed by atoms with Gasteiger partial charge in [0.2, 0.25) is 5.92 Å². The molecule has 0 amide bonds. The molecule has 0 heterocycles. The lowest BCUT2D eigenvalue weighted by Gasteiger charge is -2.12. The van der Waals surface area contributed by atoms with Gasteiger partial charge >= 0.3 is 0 Å². The Morgan fingerprint density at radius 3 is 2.53 bits per heavy atom. The van der Waals surface area contributed by atoms with Crippen molar-refractivity contribution in [3.63, 3.8) is 0 Å². The third-order valence-corrected chi connectivity index (χ3v) is 3.31. The second kappa shape index (κ2) is 7.56. The van der Waals surface area contributed by atoms with Crippen LogP contribution in [0.5, 0.6) is 0 Å². The molecule has 0 aromatic heterocycles. The Kier molecular flexibility index (Phi) is 6.38. The van der Waals surface area contributed by atoms with Crippen molar-refractivity contribution in [3.05, 3.63) is 35.4 Å². The van der Waals surface area contributed by atoms with Crippen LogP contribution < -0.4 is 11.5 Å². The Hall–Kier alpha value is -1.00. The molecule has 0 fully saturated rings. The van der Waals surface area contributed by atoms with Gasteiger partial charge in [0.1, 0.15) is 0 Å². The summed E-state index contributed by atoms with van der Waals surface area (Å²) < 4.78 is 24.7. The van der Waals surface area contributed by atoms with E-state index in [1.807, 2.05) is 0 Å². The smallest absolute Gasteiger partial charge is 0.249 e. The Morgan fingerprint density at radius 2 is 1.95 bits per heavy atom. The second-order valence-corrected chi connectivity index (χ2v) is 4.99. The van der Waals surface area contributed by atoms with Crippen LogP contribution in [0.2, 0.25) is 0 Å². The van der Waals surface area contributed by atoms with Gasteiger partial charge < -0.3 is 11.5 Å². The molecule has 1 atom stereocenters. The first-order valence-corrected chi connectivity index (χ1v) is 6.91. The number of rotatable bonds is 4. The van der Waals surface area contributed by atoms with Crippen LogP contribution in [0.25, 0.3) is 0 Å². The zero-order chi connectivity index (χ0) is 14.3. The molecule has 2 nitrogen and oxygen atoms in total. The normalized spacial score (nSPS) is 17.6. The highest BCUT2D eigenvalue weighted by atomic mass is 19.3. The van der Waals surface area contributed by atoms with E-state index in [0.717, 1.165) is 12.8 Å². The van der Waals surface area contributed by atoms with E-state index in [2.05, 4.69) is 24.3 Å². The number of nitrogens with two attached hydrogens (primary N) is 2. The average Bonchev–Trinajstić information content (AvgIpc) is 2.72. The molecule has 0 aliphatic heterocycles. The van der Waals surface area contributed by atoms with E-state index in [4.69, 9.17) is 11.5 Å². The van der Waals surface area contributed by atoms with Crippen LogP contribution in [0.1, 0.15) is 49.8 Å². The molecule has 108 valence electrons. The number of halogens is 2. The van der Waals surface area contributed by atoms with Crippen molar-refractivity contribution in [2.24, 2.45) is 11.5 Å². The maximum absolute atomic E-state index is 12.3. The van der Waals surface area contributed by atoms with Crippen LogP contribution in [-0.4, -0.2) is 12.5 Å². The summed E-state index contributed by atoms with van der Waals surface area (Å²) in [6, 6.07) is 8.74. The van der Waals surface area contributed by atoms with Gasteiger partial charge in [-0.25, -0.2) is 8.78 Å². The molecule has 4 N–H and O–H groups in total. The average molecular weight is 270 g/mol. The molecule has 1 unspecified atom stereocenters. The molecule has 1 aliphatic rings. The number of benzene rings is 1. The maximum atomic E-state index is 12.3. The molecular formula is C15H24F2N2. The molecule has 0 spiro atoms. The molecule has 4 heteroatoms. The van der Waals surface area contributed by atoms with Crippen LogP contribution in [0.4, 0.5) is 8.78 Å². The standard InChI is InChI=1S/C9H11N.C6H13F2N/c10-9-6-5-7-3-1-2-4-8(7)9;1-2-3-6(7,8)4-5-9/h1-4,9H,5-6,10H2;2-5,9H2,1H3. The minimum Gasteiger partial charge on any atom is -0.330 e. The number of aryl methyl sites for hydroxylation is 1. The van der Waals surface area contributed by atoms with Crippen molar-refractivity contribution in [1.29, 1.82) is 0 Å². The van der Waals surface area contributed by atoms with E-state index in [1.54, 1.807) is 6.92 Å². The van der Waals surface area contributed by atoms with E-state index in [9.17, 15) is 8.78 Å². The summed E-state index contributed by atoms with van der Waals surface area (Å²) in [6.45, 7) is 1.82. The van der Waals surface area contributed by atoms with E-state index >= 15 is 0 Å². The molecule has 0 saturated carbocycles. The molecule has 19 heavy (non-hydrogen) atoms. The first kappa shape index (κ1) is 16.1. The zero-order valence-electron chi connectivity index (χ0n) is 11.5. The Balaban J connectivity index is 0.000000192. The SMILES string of the molecule is CCCC(F)(F)CCN.NC1CCc2ccccc21. The van der Waals surface area contributed by atoms with Gasteiger partial charge in [-0.1, -0.05) is 37.6 Å². The van der Waals surface area contributed by atoms with Crippen LogP contribution >= 0.6 is 0 Å². The first-order valence-electron chi connectivity index (χ1n) is 6.91. The number of fused-ring (bicyclic) bond motifs is 1. The fraction of sp³-hybridized carbons (Fsp3) is 0.600. The Morgan fingerprint density at radius 1 is 1.26 bits per heavy atom. The van der Waals surface area contributed by atoms with Crippen molar-refractivity contribution >= 4 is 0 Å². The summed E-state index contributed by atoms with van der Waals surface area (Å²) in [7, 11) is 0. The molecule has 0 bridgehead atoms. The predicted molar refractivity (Wildman–Crippen MR) is 75.2 cm³/mol. The van der Waals surface area contributed by atoms with Crippen molar-refractivity contribution in [3.8, 4) is 0 Å². The molecule has 2 rings (SSSR count). The molecule has 0 saturated heterocycles. The van der Waals surface area contributed by atoms with Gasteiger partial charge in [0.05, 0.1) is 0 Å². The lowest BCUT2D eigenvalue weighted by molar-refractivity contribution is -0.0142. The number of hydrogen-bond acceptors (Lipinski definition) is 2. The van der Waals surface area contributed by atoms with Gasteiger partial charge in [-0.15, -0.1) is 0 Å². The second-order valence-electron chi connectivity index (χ2n) is 4.99. The fourth-order valence-corrected chi connectivity index (χ4v) is 2.29. The van der Waals surface area contributed by atoms with Gasteiger partial charge in [0.25, 0.3) is 0 Å². The van der Waals surface area contributed by atoms with Gasteiger partial charge in [0, 0.05) is 18.9 Å². The van der Waals surface area contributed by atoms with Crippen LogP contribution in [0.15, 0.2) is 24.3 Å². The molecule has 1 aromatic rings. The van der Waals surface area contributed by atoms with Crippen molar-refractivity contribution in [2.75, 3.05) is 6.54 Å².